The van der Waals surface area contributed by atoms with Gasteiger partial charge in [-0.2, -0.15) is 0 Å². The summed E-state index contributed by atoms with van der Waals surface area (Å²) in [6.45, 7) is 0. The van der Waals surface area contributed by atoms with Crippen LogP contribution in [0.15, 0.2) is 41.9 Å². The predicted molar refractivity (Wildman–Crippen MR) is 92.2 cm³/mol. The van der Waals surface area contributed by atoms with Crippen LogP contribution in [-0.2, 0) is 0 Å². The van der Waals surface area contributed by atoms with Crippen molar-refractivity contribution in [2.24, 2.45) is 0 Å². The third-order valence-corrected chi connectivity index (χ3v) is 5.52. The predicted octanol–water partition coefficient (Wildman–Crippen LogP) is 4.81. The van der Waals surface area contributed by atoms with E-state index < -0.39 is 0 Å². The first kappa shape index (κ1) is 13.6. The summed E-state index contributed by atoms with van der Waals surface area (Å²) in [7, 11) is 0. The van der Waals surface area contributed by atoms with Crippen molar-refractivity contribution in [1.29, 1.82) is 0 Å². The molecule has 0 fully saturated rings. The summed E-state index contributed by atoms with van der Waals surface area (Å²) < 4.78 is 2.13. The van der Waals surface area contributed by atoms with Gasteiger partial charge in [-0.3, -0.25) is 10.1 Å². The van der Waals surface area contributed by atoms with E-state index in [1.807, 2.05) is 17.6 Å². The van der Waals surface area contributed by atoms with Crippen LogP contribution in [0.1, 0.15) is 10.4 Å². The van der Waals surface area contributed by atoms with Gasteiger partial charge in [-0.25, -0.2) is 9.97 Å². The number of nitrogens with zero attached hydrogens (tertiary/aromatic N) is 2. The van der Waals surface area contributed by atoms with Crippen molar-refractivity contribution in [1.82, 2.24) is 9.97 Å². The zero-order valence-corrected chi connectivity index (χ0v) is 13.4. The summed E-state index contributed by atoms with van der Waals surface area (Å²) in [6.07, 6.45) is 0. The van der Waals surface area contributed by atoms with E-state index in [1.165, 1.54) is 11.3 Å². The summed E-state index contributed by atoms with van der Waals surface area (Å²) in [5.41, 5.74) is 4.05. The van der Waals surface area contributed by atoms with E-state index in [0.29, 0.717) is 15.7 Å². The Morgan fingerprint density at radius 3 is 2.77 bits per heavy atom. The number of carbonyl (C=O) groups excluding carboxylic acids is 1. The lowest BCUT2D eigenvalue weighted by Crippen LogP contribution is -2.11. The lowest BCUT2D eigenvalue weighted by Gasteiger charge is -2.02. The number of halogens is 1. The lowest BCUT2D eigenvalue weighted by molar-refractivity contribution is 0.102. The average molecular weight is 346 g/mol. The van der Waals surface area contributed by atoms with Gasteiger partial charge in [0.15, 0.2) is 5.13 Å². The maximum absolute atomic E-state index is 12.3. The van der Waals surface area contributed by atoms with Crippen LogP contribution >= 0.6 is 34.3 Å². The standard InChI is InChI=1S/C15H8ClN3OS2/c16-9-4-2-1-3-8(9)14(20)19-15-18-11-6-5-10-12(13(11)22-15)21-7-17-10/h1-7H,(H,18,19,20). The fourth-order valence-corrected chi connectivity index (χ4v) is 4.28. The molecule has 108 valence electrons. The van der Waals surface area contributed by atoms with Crippen molar-refractivity contribution in [3.63, 3.8) is 0 Å². The van der Waals surface area contributed by atoms with E-state index in [9.17, 15) is 4.79 Å². The summed E-state index contributed by atoms with van der Waals surface area (Å²) in [5.74, 6) is -0.259. The van der Waals surface area contributed by atoms with Gasteiger partial charge in [0.2, 0.25) is 0 Å². The number of aromatic nitrogens is 2. The number of anilines is 1. The number of amides is 1. The maximum atomic E-state index is 12.3. The fraction of sp³-hybridized carbons (Fsp3) is 0. The molecule has 0 aliphatic rings. The molecule has 0 unspecified atom stereocenters. The molecule has 2 heterocycles. The van der Waals surface area contributed by atoms with Gasteiger partial charge >= 0.3 is 0 Å². The Kier molecular flexibility index (Phi) is 3.29. The molecule has 4 nitrogen and oxygen atoms in total. The van der Waals surface area contributed by atoms with E-state index in [0.717, 1.165) is 20.4 Å². The van der Waals surface area contributed by atoms with Gasteiger partial charge in [-0.1, -0.05) is 35.1 Å². The summed E-state index contributed by atoms with van der Waals surface area (Å²) in [6, 6.07) is 10.8. The van der Waals surface area contributed by atoms with E-state index in [-0.39, 0.29) is 5.91 Å². The third kappa shape index (κ3) is 2.25. The Balaban J connectivity index is 1.72. The molecule has 1 amide bonds. The summed E-state index contributed by atoms with van der Waals surface area (Å²) in [5, 5.41) is 3.79. The second kappa shape index (κ2) is 5.31. The number of fused-ring (bicyclic) bond motifs is 3. The molecule has 2 aromatic carbocycles. The lowest BCUT2D eigenvalue weighted by atomic mass is 10.2. The van der Waals surface area contributed by atoms with Gasteiger partial charge in [0, 0.05) is 0 Å². The summed E-state index contributed by atoms with van der Waals surface area (Å²) in [4.78, 5) is 21.0. The molecule has 0 saturated carbocycles. The molecule has 7 heteroatoms. The number of rotatable bonds is 2. The van der Waals surface area contributed by atoms with Crippen LogP contribution in [0.25, 0.3) is 20.4 Å². The van der Waals surface area contributed by atoms with Crippen LogP contribution in [0.4, 0.5) is 5.13 Å². The average Bonchev–Trinajstić information content (AvgIpc) is 3.12. The minimum atomic E-state index is -0.259. The highest BCUT2D eigenvalue weighted by Crippen LogP contribution is 2.34. The molecular weight excluding hydrogens is 338 g/mol. The normalized spacial score (nSPS) is 11.1. The first-order chi connectivity index (χ1) is 10.7. The highest BCUT2D eigenvalue weighted by atomic mass is 35.5. The number of hydrogen-bond donors (Lipinski definition) is 1. The number of carbonyl (C=O) groups is 1. The van der Waals surface area contributed by atoms with Crippen molar-refractivity contribution in [3.8, 4) is 0 Å². The van der Waals surface area contributed by atoms with Gasteiger partial charge in [-0.15, -0.1) is 11.3 Å². The molecule has 4 aromatic rings. The molecule has 0 atom stereocenters. The van der Waals surface area contributed by atoms with Crippen LogP contribution < -0.4 is 5.32 Å². The van der Waals surface area contributed by atoms with Gasteiger partial charge < -0.3 is 0 Å². The van der Waals surface area contributed by atoms with Crippen molar-refractivity contribution in [3.05, 3.63) is 52.5 Å². The van der Waals surface area contributed by atoms with Gasteiger partial charge in [0.1, 0.15) is 0 Å². The van der Waals surface area contributed by atoms with Crippen LogP contribution in [0.5, 0.6) is 0 Å². The van der Waals surface area contributed by atoms with Crippen LogP contribution in [0.2, 0.25) is 5.02 Å². The monoisotopic (exact) mass is 345 g/mol. The quantitative estimate of drug-likeness (QED) is 0.567. The SMILES string of the molecule is O=C(Nc1nc2ccc3ncsc3c2s1)c1ccccc1Cl. The Bertz CT molecular complexity index is 1010. The van der Waals surface area contributed by atoms with E-state index >= 15 is 0 Å². The Labute approximate surface area is 138 Å². The van der Waals surface area contributed by atoms with E-state index in [1.54, 1.807) is 35.6 Å². The molecule has 2 aromatic heterocycles. The van der Waals surface area contributed by atoms with Crippen molar-refractivity contribution >= 4 is 65.7 Å². The topological polar surface area (TPSA) is 54.9 Å². The van der Waals surface area contributed by atoms with E-state index in [2.05, 4.69) is 15.3 Å². The van der Waals surface area contributed by atoms with Crippen LogP contribution in [0, 0.1) is 0 Å². The molecule has 0 aliphatic heterocycles. The smallest absolute Gasteiger partial charge is 0.258 e. The van der Waals surface area contributed by atoms with Crippen LogP contribution in [0.3, 0.4) is 0 Å². The van der Waals surface area contributed by atoms with Crippen molar-refractivity contribution in [2.45, 2.75) is 0 Å². The van der Waals surface area contributed by atoms with Gasteiger partial charge in [-0.05, 0) is 24.3 Å². The van der Waals surface area contributed by atoms with Crippen molar-refractivity contribution < 1.29 is 4.79 Å². The van der Waals surface area contributed by atoms with E-state index in [4.69, 9.17) is 11.6 Å². The minimum Gasteiger partial charge on any atom is -0.298 e. The number of thiazole rings is 2. The number of benzene rings is 2. The Morgan fingerprint density at radius 2 is 1.91 bits per heavy atom. The maximum Gasteiger partial charge on any atom is 0.258 e. The number of hydrogen-bond acceptors (Lipinski definition) is 5. The second-order valence-electron chi connectivity index (χ2n) is 4.57. The molecule has 1 N–H and O–H groups in total. The molecular formula is C15H8ClN3OS2. The molecule has 22 heavy (non-hydrogen) atoms. The minimum absolute atomic E-state index is 0.259. The van der Waals surface area contributed by atoms with Crippen molar-refractivity contribution in [2.75, 3.05) is 5.32 Å². The van der Waals surface area contributed by atoms with Gasteiger partial charge in [0.25, 0.3) is 5.91 Å². The zero-order valence-electron chi connectivity index (χ0n) is 11.0. The largest absolute Gasteiger partial charge is 0.298 e. The Morgan fingerprint density at radius 1 is 1.09 bits per heavy atom. The first-order valence-electron chi connectivity index (χ1n) is 6.41. The van der Waals surface area contributed by atoms with Gasteiger partial charge in [0.05, 0.1) is 36.5 Å². The first-order valence-corrected chi connectivity index (χ1v) is 8.48. The third-order valence-electron chi connectivity index (χ3n) is 3.19. The Hall–Kier alpha value is -2.02. The fourth-order valence-electron chi connectivity index (χ4n) is 2.17. The molecule has 4 rings (SSSR count). The number of nitrogens with one attached hydrogen (secondary N) is 1. The molecule has 0 saturated heterocycles. The van der Waals surface area contributed by atoms with Crippen LogP contribution in [-0.4, -0.2) is 15.9 Å². The molecule has 0 spiro atoms. The summed E-state index contributed by atoms with van der Waals surface area (Å²) >= 11 is 9.06. The highest BCUT2D eigenvalue weighted by Gasteiger charge is 2.14. The highest BCUT2D eigenvalue weighted by molar-refractivity contribution is 7.28. The zero-order chi connectivity index (χ0) is 15.1. The molecule has 0 bridgehead atoms. The second-order valence-corrected chi connectivity index (χ2v) is 6.83. The molecule has 0 radical (unpaired) electrons. The molecule has 0 aliphatic carbocycles.